The maximum atomic E-state index is 11.5. The fourth-order valence-electron chi connectivity index (χ4n) is 5.00. The van der Waals surface area contributed by atoms with E-state index in [1.165, 1.54) is 13.1 Å². The highest BCUT2D eigenvalue weighted by atomic mass is 79.9. The molecule has 0 bridgehead atoms. The molecule has 9 nitrogen and oxygen atoms in total. The molecule has 1 aliphatic heterocycles. The van der Waals surface area contributed by atoms with Crippen molar-refractivity contribution in [2.24, 2.45) is 0 Å². The Kier molecular flexibility index (Phi) is 11.9. The van der Waals surface area contributed by atoms with Crippen LogP contribution in [0.3, 0.4) is 0 Å². The molecule has 0 saturated carbocycles. The summed E-state index contributed by atoms with van der Waals surface area (Å²) in [6.07, 6.45) is 4.60. The van der Waals surface area contributed by atoms with Crippen molar-refractivity contribution in [1.29, 1.82) is 0 Å². The zero-order valence-corrected chi connectivity index (χ0v) is 28.1. The Morgan fingerprint density at radius 1 is 0.955 bits per heavy atom. The van der Waals surface area contributed by atoms with Gasteiger partial charge in [0.1, 0.15) is 5.44 Å². The first-order chi connectivity index (χ1) is 21.2. The average molecular weight is 689 g/mol. The van der Waals surface area contributed by atoms with Gasteiger partial charge in [-0.2, -0.15) is 5.06 Å². The van der Waals surface area contributed by atoms with Gasteiger partial charge in [-0.15, -0.1) is 0 Å². The minimum absolute atomic E-state index is 0.181. The number of ether oxygens (including phenoxy) is 6. The second-order valence-electron chi connectivity index (χ2n) is 10.1. The van der Waals surface area contributed by atoms with Gasteiger partial charge in [-0.3, -0.25) is 10.0 Å². The minimum atomic E-state index is -0.485. The molecule has 1 saturated heterocycles. The number of nitrogens with zero attached hydrogens (tertiary/aromatic N) is 1. The Hall–Kier alpha value is -3.38. The van der Waals surface area contributed by atoms with Gasteiger partial charge in [0.2, 0.25) is 11.7 Å². The lowest BCUT2D eigenvalue weighted by molar-refractivity contribution is -0.151. The van der Waals surface area contributed by atoms with E-state index in [-0.39, 0.29) is 17.6 Å². The summed E-state index contributed by atoms with van der Waals surface area (Å²) in [6.45, 7) is 3.26. The topological polar surface area (TPSA) is 95.9 Å². The number of carbonyl (C=O) groups excluding carboxylic acids is 1. The van der Waals surface area contributed by atoms with Crippen LogP contribution in [0.15, 0.2) is 70.2 Å². The highest BCUT2D eigenvalue weighted by molar-refractivity contribution is 9.10. The molecule has 3 unspecified atom stereocenters. The number of thioether (sulfide) groups is 1. The summed E-state index contributed by atoms with van der Waals surface area (Å²) < 4.78 is 36.5. The molecule has 1 heterocycles. The second-order valence-corrected chi connectivity index (χ2v) is 12.4. The van der Waals surface area contributed by atoms with Crippen LogP contribution in [-0.4, -0.2) is 50.1 Å². The van der Waals surface area contributed by atoms with Crippen LogP contribution in [0, 0.1) is 0 Å². The molecule has 236 valence electrons. The number of benzene rings is 3. The molecular weight excluding hydrogens is 650 g/mol. The Bertz CT molecular complexity index is 1440. The van der Waals surface area contributed by atoms with Gasteiger partial charge in [-0.1, -0.05) is 33.8 Å². The van der Waals surface area contributed by atoms with Crippen molar-refractivity contribution in [3.8, 4) is 28.7 Å². The van der Waals surface area contributed by atoms with Gasteiger partial charge in [-0.05, 0) is 85.8 Å². The molecule has 1 aliphatic rings. The lowest BCUT2D eigenvalue weighted by atomic mass is 9.99. The number of halogens is 1. The first-order valence-corrected chi connectivity index (χ1v) is 15.7. The Morgan fingerprint density at radius 3 is 2.02 bits per heavy atom. The van der Waals surface area contributed by atoms with Gasteiger partial charge in [0.25, 0.3) is 0 Å². The summed E-state index contributed by atoms with van der Waals surface area (Å²) in [5.41, 5.74) is 2.46. The van der Waals surface area contributed by atoms with Crippen LogP contribution in [0.4, 0.5) is 0 Å². The smallest absolute Gasteiger partial charge is 0.246 e. The average Bonchev–Trinajstić information content (AvgIpc) is 3.52. The number of hydrogen-bond donors (Lipinski definition) is 1. The first kappa shape index (κ1) is 33.5. The van der Waals surface area contributed by atoms with E-state index in [1.807, 2.05) is 55.5 Å². The summed E-state index contributed by atoms with van der Waals surface area (Å²) in [5, 5.41) is 10.4. The van der Waals surface area contributed by atoms with Crippen molar-refractivity contribution in [3.63, 3.8) is 0 Å². The predicted octanol–water partition coefficient (Wildman–Crippen LogP) is 7.89. The van der Waals surface area contributed by atoms with Crippen LogP contribution in [-0.2, 0) is 16.0 Å². The highest BCUT2D eigenvalue weighted by Gasteiger charge is 2.31. The molecule has 11 heteroatoms. The number of amides is 1. The molecule has 0 aromatic heterocycles. The van der Waals surface area contributed by atoms with Crippen LogP contribution in [0.25, 0.3) is 0 Å². The molecule has 1 amide bonds. The third-order valence-corrected chi connectivity index (χ3v) is 8.63. The van der Waals surface area contributed by atoms with E-state index in [2.05, 4.69) is 15.9 Å². The molecule has 0 spiro atoms. The maximum absolute atomic E-state index is 11.5. The van der Waals surface area contributed by atoms with E-state index in [0.29, 0.717) is 40.2 Å². The van der Waals surface area contributed by atoms with Gasteiger partial charge >= 0.3 is 0 Å². The molecule has 3 aromatic carbocycles. The Labute approximate surface area is 271 Å². The van der Waals surface area contributed by atoms with Crippen LogP contribution >= 0.6 is 27.7 Å². The van der Waals surface area contributed by atoms with E-state index in [9.17, 15) is 10.0 Å². The largest absolute Gasteiger partial charge is 0.493 e. The summed E-state index contributed by atoms with van der Waals surface area (Å²) >= 11 is 5.05. The number of carbonyl (C=O) groups is 1. The Balaban J connectivity index is 1.62. The zero-order chi connectivity index (χ0) is 31.8. The van der Waals surface area contributed by atoms with Gasteiger partial charge in [0, 0.05) is 28.1 Å². The summed E-state index contributed by atoms with van der Waals surface area (Å²) in [5.74, 6) is 2.35. The van der Waals surface area contributed by atoms with Crippen molar-refractivity contribution < 1.29 is 38.4 Å². The van der Waals surface area contributed by atoms with Gasteiger partial charge in [0.05, 0.1) is 40.6 Å². The molecule has 1 N–H and O–H groups in total. The standard InChI is InChI=1S/C33H38BrNO8S/c1-20(36)35(37)15-7-8-22-16-23(17-29(38-3)32(22)42-21(2)44-26-11-9-25(34)10-12-26)27-13-14-28(43-27)24-18-30(39-4)33(41-6)31(19-24)40-5/h7,9-12,15-19,21,27-28,37H,8,13-14H2,1-6H3. The number of hydrogen-bond acceptors (Lipinski definition) is 9. The fraction of sp³-hybridized carbons (Fsp3) is 0.364. The van der Waals surface area contributed by atoms with Gasteiger partial charge in [0.15, 0.2) is 23.0 Å². The zero-order valence-electron chi connectivity index (χ0n) is 25.7. The van der Waals surface area contributed by atoms with Crippen molar-refractivity contribution in [1.82, 2.24) is 5.06 Å². The van der Waals surface area contributed by atoms with Crippen LogP contribution in [0.1, 0.15) is 55.6 Å². The van der Waals surface area contributed by atoms with Crippen molar-refractivity contribution >= 4 is 33.6 Å². The molecule has 0 aliphatic carbocycles. The van der Waals surface area contributed by atoms with E-state index in [4.69, 9.17) is 28.4 Å². The lowest BCUT2D eigenvalue weighted by Gasteiger charge is -2.22. The molecule has 3 aromatic rings. The number of rotatable bonds is 13. The quantitative estimate of drug-likeness (QED) is 0.0833. The number of methoxy groups -OCH3 is 4. The highest BCUT2D eigenvalue weighted by Crippen LogP contribution is 2.47. The van der Waals surface area contributed by atoms with E-state index in [0.717, 1.165) is 38.9 Å². The van der Waals surface area contributed by atoms with Crippen LogP contribution in [0.2, 0.25) is 0 Å². The molecule has 1 fully saturated rings. The summed E-state index contributed by atoms with van der Waals surface area (Å²) in [6, 6.07) is 15.9. The molecule has 4 rings (SSSR count). The normalized spacial score (nSPS) is 16.9. The third kappa shape index (κ3) is 8.20. The first-order valence-electron chi connectivity index (χ1n) is 14.1. The van der Waals surface area contributed by atoms with Crippen LogP contribution < -0.4 is 23.7 Å². The van der Waals surface area contributed by atoms with Gasteiger partial charge < -0.3 is 28.4 Å². The monoisotopic (exact) mass is 687 g/mol. The summed E-state index contributed by atoms with van der Waals surface area (Å²) in [7, 11) is 6.37. The molecule has 44 heavy (non-hydrogen) atoms. The number of allylic oxidation sites excluding steroid dienone is 1. The van der Waals surface area contributed by atoms with Crippen molar-refractivity contribution in [3.05, 3.63) is 82.0 Å². The van der Waals surface area contributed by atoms with Crippen molar-refractivity contribution in [2.75, 3.05) is 28.4 Å². The maximum Gasteiger partial charge on any atom is 0.246 e. The number of hydroxylamine groups is 2. The minimum Gasteiger partial charge on any atom is -0.493 e. The van der Waals surface area contributed by atoms with E-state index < -0.39 is 5.91 Å². The molecular formula is C33H38BrNO8S. The van der Waals surface area contributed by atoms with Gasteiger partial charge in [-0.25, -0.2) is 0 Å². The molecule has 3 atom stereocenters. The summed E-state index contributed by atoms with van der Waals surface area (Å²) in [4.78, 5) is 12.6. The Morgan fingerprint density at radius 2 is 1.50 bits per heavy atom. The van der Waals surface area contributed by atoms with E-state index in [1.54, 1.807) is 46.3 Å². The molecule has 0 radical (unpaired) electrons. The van der Waals surface area contributed by atoms with Crippen LogP contribution in [0.5, 0.6) is 28.7 Å². The second kappa shape index (κ2) is 15.6. The van der Waals surface area contributed by atoms with E-state index >= 15 is 0 Å². The predicted molar refractivity (Wildman–Crippen MR) is 172 cm³/mol. The fourth-order valence-corrected chi connectivity index (χ4v) is 6.09. The third-order valence-electron chi connectivity index (χ3n) is 7.13. The lowest BCUT2D eigenvalue weighted by Crippen LogP contribution is -2.17. The SMILES string of the molecule is COc1cc(C2CCC(c3cc(OC)c(OC)c(OC)c3)O2)cc(CC=CN(O)C(C)=O)c1OC(C)Sc1ccc(Br)cc1. The van der Waals surface area contributed by atoms with Crippen molar-refractivity contribution in [2.45, 2.75) is 55.6 Å².